The number of allylic oxidation sites excluding steroid dienone is 1. The molecule has 0 heterocycles. The topological polar surface area (TPSA) is 57.9 Å². The van der Waals surface area contributed by atoms with E-state index in [2.05, 4.69) is 15.9 Å². The maximum atomic E-state index is 12.4. The SMILES string of the molecule is N#C/C(=C/c1ccc(CBr)cc1)S(=O)(=O)c1ccccc1. The Balaban J connectivity index is 2.44. The molecule has 0 aliphatic heterocycles. The molecule has 2 aromatic rings. The zero-order valence-electron chi connectivity index (χ0n) is 11.0. The third-order valence-corrected chi connectivity index (χ3v) is 5.21. The van der Waals surface area contributed by atoms with Gasteiger partial charge in [-0.05, 0) is 29.3 Å². The van der Waals surface area contributed by atoms with Crippen molar-refractivity contribution < 1.29 is 8.42 Å². The highest BCUT2D eigenvalue weighted by molar-refractivity contribution is 9.08. The van der Waals surface area contributed by atoms with Crippen molar-refractivity contribution in [3.63, 3.8) is 0 Å². The Hall–Kier alpha value is -1.90. The number of alkyl halides is 1. The van der Waals surface area contributed by atoms with E-state index in [4.69, 9.17) is 0 Å². The van der Waals surface area contributed by atoms with E-state index < -0.39 is 9.84 Å². The zero-order chi connectivity index (χ0) is 15.3. The van der Waals surface area contributed by atoms with E-state index >= 15 is 0 Å². The van der Waals surface area contributed by atoms with Gasteiger partial charge in [0.2, 0.25) is 9.84 Å². The Morgan fingerprint density at radius 1 is 1.10 bits per heavy atom. The average Bonchev–Trinajstić information content (AvgIpc) is 2.53. The first-order chi connectivity index (χ1) is 10.1. The minimum atomic E-state index is -3.77. The fourth-order valence-corrected chi connectivity index (χ4v) is 3.31. The summed E-state index contributed by atoms with van der Waals surface area (Å²) in [5.74, 6) is 0. The molecule has 5 heteroatoms. The summed E-state index contributed by atoms with van der Waals surface area (Å²) >= 11 is 3.35. The van der Waals surface area contributed by atoms with Gasteiger partial charge in [0.1, 0.15) is 11.0 Å². The Labute approximate surface area is 132 Å². The lowest BCUT2D eigenvalue weighted by Gasteiger charge is -2.03. The first kappa shape index (κ1) is 15.5. The molecule has 2 rings (SSSR count). The number of halogens is 1. The number of benzene rings is 2. The number of nitriles is 1. The quantitative estimate of drug-likeness (QED) is 0.612. The summed E-state index contributed by atoms with van der Waals surface area (Å²) in [5, 5.41) is 9.91. The van der Waals surface area contributed by atoms with Crippen molar-refractivity contribution in [2.45, 2.75) is 10.2 Å². The first-order valence-corrected chi connectivity index (χ1v) is 8.75. The number of nitrogens with zero attached hydrogens (tertiary/aromatic N) is 1. The second-order valence-electron chi connectivity index (χ2n) is 4.31. The maximum absolute atomic E-state index is 12.4. The molecule has 106 valence electrons. The van der Waals surface area contributed by atoms with E-state index in [1.807, 2.05) is 12.1 Å². The van der Waals surface area contributed by atoms with Crippen LogP contribution >= 0.6 is 15.9 Å². The summed E-state index contributed by atoms with van der Waals surface area (Å²) in [6.07, 6.45) is 1.39. The molecule has 21 heavy (non-hydrogen) atoms. The Kier molecular flexibility index (Phi) is 4.94. The number of sulfone groups is 1. The summed E-state index contributed by atoms with van der Waals surface area (Å²) in [6.45, 7) is 0. The third-order valence-electron chi connectivity index (χ3n) is 2.88. The standard InChI is InChI=1S/C16H12BrNO2S/c17-11-14-8-6-13(7-9-14)10-16(12-18)21(19,20)15-4-2-1-3-5-15/h1-10H,11H2/b16-10-. The second kappa shape index (κ2) is 6.70. The van der Waals surface area contributed by atoms with Crippen LogP contribution in [0, 0.1) is 11.3 Å². The van der Waals surface area contributed by atoms with Crippen LogP contribution in [0.1, 0.15) is 11.1 Å². The van der Waals surface area contributed by atoms with Gasteiger partial charge < -0.3 is 0 Å². The molecule has 0 N–H and O–H groups in total. The Morgan fingerprint density at radius 2 is 1.71 bits per heavy atom. The molecule has 0 saturated carbocycles. The summed E-state index contributed by atoms with van der Waals surface area (Å²) < 4.78 is 24.8. The molecular formula is C16H12BrNO2S. The van der Waals surface area contributed by atoms with Crippen molar-refractivity contribution in [2.75, 3.05) is 0 Å². The highest BCUT2D eigenvalue weighted by Crippen LogP contribution is 2.21. The molecule has 0 atom stereocenters. The largest absolute Gasteiger partial charge is 0.218 e. The molecule has 2 aromatic carbocycles. The van der Waals surface area contributed by atoms with Crippen LogP contribution in [-0.2, 0) is 15.2 Å². The van der Waals surface area contributed by atoms with E-state index in [1.54, 1.807) is 36.4 Å². The molecule has 0 amide bonds. The van der Waals surface area contributed by atoms with Crippen LogP contribution in [-0.4, -0.2) is 8.42 Å². The lowest BCUT2D eigenvalue weighted by molar-refractivity contribution is 0.603. The summed E-state index contributed by atoms with van der Waals surface area (Å²) in [6, 6.07) is 17.1. The van der Waals surface area contributed by atoms with Crippen molar-refractivity contribution in [3.8, 4) is 6.07 Å². The van der Waals surface area contributed by atoms with Crippen LogP contribution in [0.2, 0.25) is 0 Å². The zero-order valence-corrected chi connectivity index (χ0v) is 13.4. The number of hydrogen-bond acceptors (Lipinski definition) is 3. The minimum absolute atomic E-state index is 0.120. The summed E-state index contributed by atoms with van der Waals surface area (Å²) in [5.41, 5.74) is 1.76. The predicted molar refractivity (Wildman–Crippen MR) is 86.3 cm³/mol. The smallest absolute Gasteiger partial charge is 0.216 e. The molecule has 0 fully saturated rings. The molecule has 0 unspecified atom stereocenters. The van der Waals surface area contributed by atoms with Crippen LogP contribution in [0.15, 0.2) is 64.4 Å². The third kappa shape index (κ3) is 3.60. The van der Waals surface area contributed by atoms with E-state index in [0.29, 0.717) is 5.56 Å². The molecule has 0 saturated heterocycles. The molecule has 0 radical (unpaired) electrons. The fraction of sp³-hybridized carbons (Fsp3) is 0.0625. The van der Waals surface area contributed by atoms with Gasteiger partial charge in [-0.2, -0.15) is 5.26 Å². The number of hydrogen-bond donors (Lipinski definition) is 0. The summed E-state index contributed by atoms with van der Waals surface area (Å²) in [7, 11) is -3.77. The van der Waals surface area contributed by atoms with Crippen LogP contribution in [0.3, 0.4) is 0 Å². The monoisotopic (exact) mass is 361 g/mol. The van der Waals surface area contributed by atoms with Crippen LogP contribution in [0.25, 0.3) is 6.08 Å². The van der Waals surface area contributed by atoms with Gasteiger partial charge in [-0.1, -0.05) is 58.4 Å². The highest BCUT2D eigenvalue weighted by atomic mass is 79.9. The number of rotatable bonds is 4. The van der Waals surface area contributed by atoms with Crippen LogP contribution < -0.4 is 0 Å². The van der Waals surface area contributed by atoms with E-state index in [0.717, 1.165) is 10.9 Å². The lowest BCUT2D eigenvalue weighted by Crippen LogP contribution is -2.03. The van der Waals surface area contributed by atoms with Crippen molar-refractivity contribution >= 4 is 31.8 Å². The molecule has 0 bridgehead atoms. The molecule has 0 aliphatic carbocycles. The van der Waals surface area contributed by atoms with Crippen LogP contribution in [0.4, 0.5) is 0 Å². The van der Waals surface area contributed by atoms with Gasteiger partial charge in [-0.15, -0.1) is 0 Å². The second-order valence-corrected chi connectivity index (χ2v) is 6.79. The van der Waals surface area contributed by atoms with Gasteiger partial charge >= 0.3 is 0 Å². The van der Waals surface area contributed by atoms with Gasteiger partial charge in [0.05, 0.1) is 4.90 Å². The van der Waals surface area contributed by atoms with Gasteiger partial charge in [0.25, 0.3) is 0 Å². The summed E-state index contributed by atoms with van der Waals surface area (Å²) in [4.78, 5) is -0.143. The van der Waals surface area contributed by atoms with Gasteiger partial charge in [-0.3, -0.25) is 0 Å². The van der Waals surface area contributed by atoms with Gasteiger partial charge in [-0.25, -0.2) is 8.42 Å². The van der Waals surface area contributed by atoms with Crippen LogP contribution in [0.5, 0.6) is 0 Å². The Morgan fingerprint density at radius 3 is 2.24 bits per heavy atom. The van der Waals surface area contributed by atoms with E-state index in [-0.39, 0.29) is 9.80 Å². The lowest BCUT2D eigenvalue weighted by atomic mass is 10.1. The van der Waals surface area contributed by atoms with Crippen molar-refractivity contribution in [3.05, 3.63) is 70.6 Å². The molecule has 0 aliphatic rings. The molecular weight excluding hydrogens is 350 g/mol. The van der Waals surface area contributed by atoms with E-state index in [9.17, 15) is 13.7 Å². The fourth-order valence-electron chi connectivity index (χ4n) is 1.75. The first-order valence-electron chi connectivity index (χ1n) is 6.15. The minimum Gasteiger partial charge on any atom is -0.218 e. The highest BCUT2D eigenvalue weighted by Gasteiger charge is 2.20. The van der Waals surface area contributed by atoms with Gasteiger partial charge in [0, 0.05) is 5.33 Å². The molecule has 0 aromatic heterocycles. The van der Waals surface area contributed by atoms with Crippen molar-refractivity contribution in [1.29, 1.82) is 5.26 Å². The Bertz CT molecular complexity index is 788. The average molecular weight is 362 g/mol. The predicted octanol–water partition coefficient (Wildman–Crippen LogP) is 3.92. The van der Waals surface area contributed by atoms with E-state index in [1.165, 1.54) is 18.2 Å². The molecule has 3 nitrogen and oxygen atoms in total. The normalized spacial score (nSPS) is 11.9. The van der Waals surface area contributed by atoms with Crippen molar-refractivity contribution in [1.82, 2.24) is 0 Å². The van der Waals surface area contributed by atoms with Crippen molar-refractivity contribution in [2.24, 2.45) is 0 Å². The maximum Gasteiger partial charge on any atom is 0.216 e. The molecule has 0 spiro atoms. The van der Waals surface area contributed by atoms with Gasteiger partial charge in [0.15, 0.2) is 0 Å².